The molecule has 1 atom stereocenters. The molecule has 0 radical (unpaired) electrons. The molecule has 0 aliphatic carbocycles. The molecule has 186 valence electrons. The molecular weight excluding hydrogens is 452 g/mol. The SMILES string of the molecule is Cc1cccc(CN(C(=O)CN(c2ccccc2)S(=O)(=O)N(C)C)C(C)C(=O)NC(C)(C)C)c1. The Labute approximate surface area is 203 Å². The maximum absolute atomic E-state index is 13.6. The number of hydrogen-bond donors (Lipinski definition) is 1. The highest BCUT2D eigenvalue weighted by Gasteiger charge is 2.33. The molecule has 0 saturated carbocycles. The maximum atomic E-state index is 13.6. The Morgan fingerprint density at radius 1 is 1.00 bits per heavy atom. The molecule has 0 aliphatic rings. The third kappa shape index (κ3) is 7.30. The van der Waals surface area contributed by atoms with Gasteiger partial charge in [0.2, 0.25) is 11.8 Å². The lowest BCUT2D eigenvalue weighted by atomic mass is 10.1. The first-order valence-corrected chi connectivity index (χ1v) is 12.5. The summed E-state index contributed by atoms with van der Waals surface area (Å²) in [5.74, 6) is -0.789. The van der Waals surface area contributed by atoms with Gasteiger partial charge in [0.1, 0.15) is 12.6 Å². The fourth-order valence-electron chi connectivity index (χ4n) is 3.37. The van der Waals surface area contributed by atoms with Crippen LogP contribution in [0.1, 0.15) is 38.8 Å². The van der Waals surface area contributed by atoms with Crippen molar-refractivity contribution in [2.45, 2.75) is 52.7 Å². The van der Waals surface area contributed by atoms with E-state index in [0.717, 1.165) is 19.7 Å². The minimum atomic E-state index is -3.96. The topological polar surface area (TPSA) is 90.0 Å². The van der Waals surface area contributed by atoms with Crippen molar-refractivity contribution in [3.05, 3.63) is 65.7 Å². The van der Waals surface area contributed by atoms with Gasteiger partial charge in [0.15, 0.2) is 0 Å². The van der Waals surface area contributed by atoms with Crippen molar-refractivity contribution in [2.24, 2.45) is 0 Å². The van der Waals surface area contributed by atoms with Crippen LogP contribution in [0.2, 0.25) is 0 Å². The zero-order valence-electron chi connectivity index (χ0n) is 21.1. The van der Waals surface area contributed by atoms with Crippen LogP contribution in [0.5, 0.6) is 0 Å². The van der Waals surface area contributed by atoms with Crippen molar-refractivity contribution in [3.8, 4) is 0 Å². The van der Waals surface area contributed by atoms with Gasteiger partial charge in [-0.1, -0.05) is 48.0 Å². The highest BCUT2D eigenvalue weighted by atomic mass is 32.2. The van der Waals surface area contributed by atoms with Crippen LogP contribution in [0.4, 0.5) is 5.69 Å². The van der Waals surface area contributed by atoms with Gasteiger partial charge in [-0.05, 0) is 52.3 Å². The van der Waals surface area contributed by atoms with E-state index in [-0.39, 0.29) is 12.5 Å². The number of aryl methyl sites for hydroxylation is 1. The molecule has 0 aliphatic heterocycles. The highest BCUT2D eigenvalue weighted by molar-refractivity contribution is 7.90. The number of hydrogen-bond acceptors (Lipinski definition) is 4. The second-order valence-corrected chi connectivity index (χ2v) is 11.6. The van der Waals surface area contributed by atoms with Crippen molar-refractivity contribution in [3.63, 3.8) is 0 Å². The van der Waals surface area contributed by atoms with E-state index in [1.54, 1.807) is 37.3 Å². The van der Waals surface area contributed by atoms with E-state index in [2.05, 4.69) is 5.32 Å². The number of anilines is 1. The van der Waals surface area contributed by atoms with Gasteiger partial charge in [-0.25, -0.2) is 4.31 Å². The van der Waals surface area contributed by atoms with Crippen LogP contribution in [0.25, 0.3) is 0 Å². The van der Waals surface area contributed by atoms with Crippen LogP contribution in [-0.2, 0) is 26.3 Å². The molecule has 0 spiro atoms. The summed E-state index contributed by atoms with van der Waals surface area (Å²) >= 11 is 0. The van der Waals surface area contributed by atoms with Gasteiger partial charge in [0.25, 0.3) is 0 Å². The molecule has 2 rings (SSSR count). The first-order valence-electron chi connectivity index (χ1n) is 11.1. The lowest BCUT2D eigenvalue weighted by Gasteiger charge is -2.34. The van der Waals surface area contributed by atoms with Gasteiger partial charge in [0.05, 0.1) is 5.69 Å². The summed E-state index contributed by atoms with van der Waals surface area (Å²) in [6, 6.07) is 15.3. The molecule has 0 bridgehead atoms. The van der Waals surface area contributed by atoms with E-state index in [1.807, 2.05) is 52.0 Å². The number of nitrogens with one attached hydrogen (secondary N) is 1. The Hall–Kier alpha value is -2.91. The molecule has 1 N–H and O–H groups in total. The van der Waals surface area contributed by atoms with E-state index in [9.17, 15) is 18.0 Å². The lowest BCUT2D eigenvalue weighted by molar-refractivity contribution is -0.140. The molecule has 0 fully saturated rings. The monoisotopic (exact) mass is 488 g/mol. The van der Waals surface area contributed by atoms with Crippen molar-refractivity contribution in [2.75, 3.05) is 24.9 Å². The molecule has 0 heterocycles. The number of para-hydroxylation sites is 1. The Bertz CT molecular complexity index is 1100. The third-order valence-electron chi connectivity index (χ3n) is 5.16. The molecule has 34 heavy (non-hydrogen) atoms. The number of rotatable bonds is 9. The summed E-state index contributed by atoms with van der Waals surface area (Å²) in [5, 5.41) is 2.91. The van der Waals surface area contributed by atoms with Gasteiger partial charge in [0, 0.05) is 26.2 Å². The summed E-state index contributed by atoms with van der Waals surface area (Å²) in [6.45, 7) is 8.93. The number of nitrogens with zero attached hydrogens (tertiary/aromatic N) is 3. The number of carbonyl (C=O) groups excluding carboxylic acids is 2. The minimum absolute atomic E-state index is 0.171. The van der Waals surface area contributed by atoms with Crippen LogP contribution >= 0.6 is 0 Å². The predicted molar refractivity (Wildman–Crippen MR) is 135 cm³/mol. The Kier molecular flexibility index (Phi) is 8.85. The van der Waals surface area contributed by atoms with Gasteiger partial charge in [-0.15, -0.1) is 0 Å². The average Bonchev–Trinajstić information content (AvgIpc) is 2.74. The van der Waals surface area contributed by atoms with Crippen LogP contribution in [0.3, 0.4) is 0 Å². The van der Waals surface area contributed by atoms with Crippen LogP contribution < -0.4 is 9.62 Å². The normalized spacial score (nSPS) is 12.8. The fraction of sp³-hybridized carbons (Fsp3) is 0.440. The third-order valence-corrected chi connectivity index (χ3v) is 6.98. The molecule has 0 aromatic heterocycles. The molecule has 8 nitrogen and oxygen atoms in total. The molecular formula is C25H36N4O4S. The van der Waals surface area contributed by atoms with Crippen molar-refractivity contribution >= 4 is 27.7 Å². The number of carbonyl (C=O) groups is 2. The van der Waals surface area contributed by atoms with Crippen molar-refractivity contribution in [1.82, 2.24) is 14.5 Å². The first kappa shape index (κ1) is 27.3. The largest absolute Gasteiger partial charge is 0.350 e. The van der Waals surface area contributed by atoms with Crippen LogP contribution in [0.15, 0.2) is 54.6 Å². The van der Waals surface area contributed by atoms with Crippen molar-refractivity contribution < 1.29 is 18.0 Å². The summed E-state index contributed by atoms with van der Waals surface area (Å²) in [7, 11) is -1.12. The molecule has 1 unspecified atom stereocenters. The maximum Gasteiger partial charge on any atom is 0.304 e. The van der Waals surface area contributed by atoms with E-state index in [4.69, 9.17) is 0 Å². The van der Waals surface area contributed by atoms with E-state index >= 15 is 0 Å². The average molecular weight is 489 g/mol. The quantitative estimate of drug-likeness (QED) is 0.588. The van der Waals surface area contributed by atoms with Gasteiger partial charge in [-0.3, -0.25) is 9.59 Å². The summed E-state index contributed by atoms with van der Waals surface area (Å²) in [4.78, 5) is 28.0. The summed E-state index contributed by atoms with van der Waals surface area (Å²) in [5.41, 5.74) is 1.77. The smallest absolute Gasteiger partial charge is 0.304 e. The van der Waals surface area contributed by atoms with E-state index in [0.29, 0.717) is 5.69 Å². The Morgan fingerprint density at radius 3 is 2.15 bits per heavy atom. The van der Waals surface area contributed by atoms with Gasteiger partial charge >= 0.3 is 10.2 Å². The number of benzene rings is 2. The highest BCUT2D eigenvalue weighted by Crippen LogP contribution is 2.20. The van der Waals surface area contributed by atoms with Gasteiger partial charge < -0.3 is 10.2 Å². The second-order valence-electron chi connectivity index (χ2n) is 9.56. The fourth-order valence-corrected chi connectivity index (χ4v) is 4.43. The lowest BCUT2D eigenvalue weighted by Crippen LogP contribution is -2.54. The summed E-state index contributed by atoms with van der Waals surface area (Å²) in [6.07, 6.45) is 0. The first-order chi connectivity index (χ1) is 15.7. The molecule has 2 amide bonds. The van der Waals surface area contributed by atoms with E-state index < -0.39 is 34.2 Å². The molecule has 2 aromatic carbocycles. The molecule has 2 aromatic rings. The van der Waals surface area contributed by atoms with E-state index in [1.165, 1.54) is 19.0 Å². The van der Waals surface area contributed by atoms with Crippen LogP contribution in [-0.4, -0.2) is 61.7 Å². The van der Waals surface area contributed by atoms with Crippen LogP contribution in [0, 0.1) is 6.92 Å². The Morgan fingerprint density at radius 2 is 1.62 bits per heavy atom. The zero-order chi connectivity index (χ0) is 25.7. The second kappa shape index (κ2) is 11.0. The Balaban J connectivity index is 2.44. The predicted octanol–water partition coefficient (Wildman–Crippen LogP) is 2.94. The van der Waals surface area contributed by atoms with Gasteiger partial charge in [-0.2, -0.15) is 12.7 Å². The zero-order valence-corrected chi connectivity index (χ0v) is 21.9. The summed E-state index contributed by atoms with van der Waals surface area (Å²) < 4.78 is 28.3. The van der Waals surface area contributed by atoms with Crippen molar-refractivity contribution in [1.29, 1.82) is 0 Å². The minimum Gasteiger partial charge on any atom is -0.350 e. The standard InChI is InChI=1S/C25H36N4O4S/c1-19-12-11-13-21(16-19)17-28(20(2)24(31)26-25(3,4)5)23(30)18-29(34(32,33)27(6)7)22-14-9-8-10-15-22/h8-16,20H,17-18H2,1-7H3,(H,26,31). The number of amides is 2. The molecule has 0 saturated heterocycles. The molecule has 9 heteroatoms.